The third-order valence-electron chi connectivity index (χ3n) is 3.18. The zero-order chi connectivity index (χ0) is 11.1. The highest BCUT2D eigenvalue weighted by Gasteiger charge is 2.40. The van der Waals surface area contributed by atoms with Gasteiger partial charge in [-0.15, -0.1) is 0 Å². The van der Waals surface area contributed by atoms with Gasteiger partial charge in [-0.05, 0) is 13.3 Å². The third kappa shape index (κ3) is 3.14. The molecular weight excluding hydrogens is 192 g/mol. The summed E-state index contributed by atoms with van der Waals surface area (Å²) in [7, 11) is 0. The molecule has 0 aromatic carbocycles. The molecule has 0 bridgehead atoms. The predicted molar refractivity (Wildman–Crippen MR) is 60.4 cm³/mol. The summed E-state index contributed by atoms with van der Waals surface area (Å²) in [6.45, 7) is 6.51. The summed E-state index contributed by atoms with van der Waals surface area (Å²) in [6, 6.07) is 0.242. The van der Waals surface area contributed by atoms with Gasteiger partial charge in [-0.3, -0.25) is 11.3 Å². The molecule has 1 aliphatic heterocycles. The minimum atomic E-state index is -0.113. The fraction of sp³-hybridized carbons (Fsp3) is 1.00. The number of rotatable bonds is 6. The van der Waals surface area contributed by atoms with Gasteiger partial charge in [-0.2, -0.15) is 0 Å². The van der Waals surface area contributed by atoms with Gasteiger partial charge in [0.2, 0.25) is 0 Å². The third-order valence-corrected chi connectivity index (χ3v) is 3.18. The summed E-state index contributed by atoms with van der Waals surface area (Å²) in [5.74, 6) is 5.63. The van der Waals surface area contributed by atoms with E-state index in [1.54, 1.807) is 0 Å². The Morgan fingerprint density at radius 2 is 2.07 bits per heavy atom. The highest BCUT2D eigenvalue weighted by Crippen LogP contribution is 2.30. The lowest BCUT2D eigenvalue weighted by atomic mass is 9.84. The van der Waals surface area contributed by atoms with Crippen LogP contribution in [0.15, 0.2) is 0 Å². The van der Waals surface area contributed by atoms with Crippen molar-refractivity contribution >= 4 is 0 Å². The number of hydrazine groups is 1. The molecule has 4 heteroatoms. The van der Waals surface area contributed by atoms with Crippen LogP contribution in [0.2, 0.25) is 0 Å². The van der Waals surface area contributed by atoms with E-state index in [1.807, 2.05) is 6.92 Å². The highest BCUT2D eigenvalue weighted by molar-refractivity contribution is 4.94. The lowest BCUT2D eigenvalue weighted by Gasteiger charge is -2.42. The molecule has 90 valence electrons. The largest absolute Gasteiger partial charge is 0.381 e. The second-order valence-electron chi connectivity index (χ2n) is 4.12. The van der Waals surface area contributed by atoms with Crippen LogP contribution >= 0.6 is 0 Å². The quantitative estimate of drug-likeness (QED) is 0.517. The van der Waals surface area contributed by atoms with Gasteiger partial charge in [0.05, 0.1) is 11.6 Å². The molecule has 0 aromatic heterocycles. The van der Waals surface area contributed by atoms with Gasteiger partial charge in [0.1, 0.15) is 0 Å². The van der Waals surface area contributed by atoms with Gasteiger partial charge in [-0.25, -0.2) is 0 Å². The normalized spacial score (nSPS) is 22.6. The first-order valence-electron chi connectivity index (χ1n) is 5.97. The SMILES string of the molecule is CCCC(NN)C1(OCC)CCOCC1. The lowest BCUT2D eigenvalue weighted by Crippen LogP contribution is -2.57. The number of hydrogen-bond acceptors (Lipinski definition) is 4. The second-order valence-corrected chi connectivity index (χ2v) is 4.12. The molecule has 1 unspecified atom stereocenters. The Bertz CT molecular complexity index is 164. The Morgan fingerprint density at radius 1 is 1.40 bits per heavy atom. The molecule has 1 heterocycles. The van der Waals surface area contributed by atoms with Crippen molar-refractivity contribution in [1.82, 2.24) is 5.43 Å². The molecule has 1 atom stereocenters. The second kappa shape index (κ2) is 6.43. The van der Waals surface area contributed by atoms with E-state index >= 15 is 0 Å². The number of hydrogen-bond donors (Lipinski definition) is 2. The number of nitrogens with two attached hydrogens (primary N) is 1. The summed E-state index contributed by atoms with van der Waals surface area (Å²) in [6.07, 6.45) is 4.05. The minimum Gasteiger partial charge on any atom is -0.381 e. The smallest absolute Gasteiger partial charge is 0.0891 e. The molecule has 0 aliphatic carbocycles. The number of ether oxygens (including phenoxy) is 2. The molecule has 1 fully saturated rings. The van der Waals surface area contributed by atoms with Crippen LogP contribution in [0.3, 0.4) is 0 Å². The van der Waals surface area contributed by atoms with Crippen LogP contribution in [0.4, 0.5) is 0 Å². The minimum absolute atomic E-state index is 0.113. The van der Waals surface area contributed by atoms with Crippen molar-refractivity contribution in [2.24, 2.45) is 5.84 Å². The van der Waals surface area contributed by atoms with E-state index in [2.05, 4.69) is 12.3 Å². The molecule has 4 nitrogen and oxygen atoms in total. The van der Waals surface area contributed by atoms with Crippen LogP contribution in [0.25, 0.3) is 0 Å². The maximum Gasteiger partial charge on any atom is 0.0891 e. The van der Waals surface area contributed by atoms with Crippen LogP contribution < -0.4 is 11.3 Å². The molecule has 0 saturated carbocycles. The Hall–Kier alpha value is -0.160. The molecule has 1 saturated heterocycles. The maximum absolute atomic E-state index is 5.95. The van der Waals surface area contributed by atoms with E-state index in [-0.39, 0.29) is 11.6 Å². The fourth-order valence-corrected chi connectivity index (χ4v) is 2.38. The molecule has 15 heavy (non-hydrogen) atoms. The van der Waals surface area contributed by atoms with Gasteiger partial charge >= 0.3 is 0 Å². The van der Waals surface area contributed by atoms with Crippen molar-refractivity contribution in [1.29, 1.82) is 0 Å². The summed E-state index contributed by atoms with van der Waals surface area (Å²) in [5, 5.41) is 0. The monoisotopic (exact) mass is 216 g/mol. The molecular formula is C11H24N2O2. The standard InChI is InChI=1S/C11H24N2O2/c1-3-5-10(13-12)11(15-4-2)6-8-14-9-7-11/h10,13H,3-9,12H2,1-2H3. The Labute approximate surface area is 92.5 Å². The van der Waals surface area contributed by atoms with Gasteiger partial charge in [0, 0.05) is 32.7 Å². The Balaban J connectivity index is 2.67. The van der Waals surface area contributed by atoms with Crippen molar-refractivity contribution in [3.63, 3.8) is 0 Å². The van der Waals surface area contributed by atoms with Crippen molar-refractivity contribution < 1.29 is 9.47 Å². The lowest BCUT2D eigenvalue weighted by molar-refractivity contribution is -0.128. The molecule has 1 rings (SSSR count). The van der Waals surface area contributed by atoms with Gasteiger partial charge < -0.3 is 9.47 Å². The van der Waals surface area contributed by atoms with Crippen LogP contribution in [-0.2, 0) is 9.47 Å². The molecule has 0 aromatic rings. The first kappa shape index (κ1) is 12.9. The Morgan fingerprint density at radius 3 is 2.53 bits per heavy atom. The molecule has 0 radical (unpaired) electrons. The van der Waals surface area contributed by atoms with E-state index < -0.39 is 0 Å². The molecule has 0 amide bonds. The van der Waals surface area contributed by atoms with Crippen LogP contribution in [-0.4, -0.2) is 31.5 Å². The van der Waals surface area contributed by atoms with Crippen LogP contribution in [0.5, 0.6) is 0 Å². The fourth-order valence-electron chi connectivity index (χ4n) is 2.38. The summed E-state index contributed by atoms with van der Waals surface area (Å²) in [4.78, 5) is 0. The van der Waals surface area contributed by atoms with E-state index in [9.17, 15) is 0 Å². The van der Waals surface area contributed by atoms with E-state index in [0.29, 0.717) is 0 Å². The van der Waals surface area contributed by atoms with Gasteiger partial charge in [0.15, 0.2) is 0 Å². The molecule has 0 spiro atoms. The first-order chi connectivity index (χ1) is 7.29. The molecule has 1 aliphatic rings. The van der Waals surface area contributed by atoms with Crippen LogP contribution in [0, 0.1) is 0 Å². The molecule has 3 N–H and O–H groups in total. The summed E-state index contributed by atoms with van der Waals surface area (Å²) >= 11 is 0. The summed E-state index contributed by atoms with van der Waals surface area (Å²) in [5.41, 5.74) is 2.80. The van der Waals surface area contributed by atoms with Crippen LogP contribution in [0.1, 0.15) is 39.5 Å². The van der Waals surface area contributed by atoms with Crippen molar-refractivity contribution in [2.45, 2.75) is 51.2 Å². The maximum atomic E-state index is 5.95. The summed E-state index contributed by atoms with van der Waals surface area (Å²) < 4.78 is 11.3. The van der Waals surface area contributed by atoms with Crippen molar-refractivity contribution in [3.8, 4) is 0 Å². The first-order valence-corrected chi connectivity index (χ1v) is 5.97. The zero-order valence-electron chi connectivity index (χ0n) is 9.92. The van der Waals surface area contributed by atoms with Crippen molar-refractivity contribution in [3.05, 3.63) is 0 Å². The van der Waals surface area contributed by atoms with Gasteiger partial charge in [0.25, 0.3) is 0 Å². The zero-order valence-corrected chi connectivity index (χ0v) is 9.92. The van der Waals surface area contributed by atoms with E-state index in [0.717, 1.165) is 45.5 Å². The predicted octanol–water partition coefficient (Wildman–Crippen LogP) is 1.20. The van der Waals surface area contributed by atoms with Gasteiger partial charge in [-0.1, -0.05) is 13.3 Å². The highest BCUT2D eigenvalue weighted by atomic mass is 16.5. The van der Waals surface area contributed by atoms with Crippen molar-refractivity contribution in [2.75, 3.05) is 19.8 Å². The topological polar surface area (TPSA) is 56.5 Å². The number of nitrogens with one attached hydrogen (secondary N) is 1. The average Bonchev–Trinajstić information content (AvgIpc) is 2.27. The van der Waals surface area contributed by atoms with E-state index in [1.165, 1.54) is 0 Å². The van der Waals surface area contributed by atoms with E-state index in [4.69, 9.17) is 15.3 Å². The Kier molecular flexibility index (Phi) is 5.53. The average molecular weight is 216 g/mol.